The molecule has 2 amide bonds. The van der Waals surface area contributed by atoms with E-state index in [4.69, 9.17) is 18.5 Å². The van der Waals surface area contributed by atoms with E-state index in [9.17, 15) is 23.3 Å². The van der Waals surface area contributed by atoms with Crippen molar-refractivity contribution in [3.63, 3.8) is 0 Å². The maximum absolute atomic E-state index is 13.9. The molecule has 0 aliphatic carbocycles. The van der Waals surface area contributed by atoms with Crippen LogP contribution in [0.3, 0.4) is 0 Å². The van der Waals surface area contributed by atoms with E-state index in [0.717, 1.165) is 11.6 Å². The SMILES string of the molecule is C=C(F)/C=C\C(=C/C)CNC(=O)c1cn2c(c(OCc3ccccc3)c1=O)C(=O)N(C)[C@H](COCC)N2CCP(=O)(OCC)OCC. The molecule has 1 aromatic carbocycles. The highest BCUT2D eigenvalue weighted by molar-refractivity contribution is 7.53. The van der Waals surface area contributed by atoms with E-state index in [1.54, 1.807) is 51.0 Å². The lowest BCUT2D eigenvalue weighted by atomic mass is 10.1. The van der Waals surface area contributed by atoms with Crippen LogP contribution in [0.4, 0.5) is 4.39 Å². The number of hydrogen-bond donors (Lipinski definition) is 1. The average molecular weight is 675 g/mol. The molecular weight excluding hydrogens is 630 g/mol. The molecule has 1 atom stereocenters. The van der Waals surface area contributed by atoms with Crippen molar-refractivity contribution >= 4 is 19.4 Å². The highest BCUT2D eigenvalue weighted by Crippen LogP contribution is 2.47. The molecule has 0 unspecified atom stereocenters. The van der Waals surface area contributed by atoms with Crippen LogP contribution in [0.5, 0.6) is 5.75 Å². The third-order valence-corrected chi connectivity index (χ3v) is 9.29. The second-order valence-corrected chi connectivity index (χ2v) is 12.6. The Morgan fingerprint density at radius 3 is 2.36 bits per heavy atom. The zero-order valence-corrected chi connectivity index (χ0v) is 28.5. The monoisotopic (exact) mass is 674 g/mol. The van der Waals surface area contributed by atoms with E-state index in [1.165, 1.54) is 21.8 Å². The fraction of sp³-hybridized carbons (Fsp3) is 0.424. The Labute approximate surface area is 274 Å². The Bertz CT molecular complexity index is 1570. The second kappa shape index (κ2) is 17.8. The zero-order chi connectivity index (χ0) is 34.6. The van der Waals surface area contributed by atoms with E-state index in [-0.39, 0.29) is 62.7 Å². The topological polar surface area (TPSA) is 129 Å². The van der Waals surface area contributed by atoms with E-state index in [2.05, 4.69) is 11.9 Å². The summed E-state index contributed by atoms with van der Waals surface area (Å²) >= 11 is 0. The van der Waals surface area contributed by atoms with Gasteiger partial charge < -0.3 is 28.7 Å². The Morgan fingerprint density at radius 2 is 1.77 bits per heavy atom. The van der Waals surface area contributed by atoms with Crippen LogP contribution in [0.1, 0.15) is 54.1 Å². The summed E-state index contributed by atoms with van der Waals surface area (Å²) in [6.07, 6.45) is 4.78. The summed E-state index contributed by atoms with van der Waals surface area (Å²) in [6, 6.07) is 9.06. The van der Waals surface area contributed by atoms with Crippen LogP contribution < -0.4 is 20.5 Å². The summed E-state index contributed by atoms with van der Waals surface area (Å²) < 4.78 is 50.9. The van der Waals surface area contributed by atoms with Crippen LogP contribution >= 0.6 is 7.60 Å². The highest BCUT2D eigenvalue weighted by Gasteiger charge is 2.40. The van der Waals surface area contributed by atoms with Gasteiger partial charge in [0.05, 0.1) is 26.0 Å². The first-order valence-corrected chi connectivity index (χ1v) is 17.1. The number of carbonyl (C=O) groups excluding carboxylic acids is 2. The molecule has 0 fully saturated rings. The lowest BCUT2D eigenvalue weighted by molar-refractivity contribution is 0.0376. The molecule has 0 spiro atoms. The normalized spacial score (nSPS) is 15.2. The van der Waals surface area contributed by atoms with Gasteiger partial charge in [-0.3, -0.25) is 28.6 Å². The van der Waals surface area contributed by atoms with Gasteiger partial charge in [-0.1, -0.05) is 49.1 Å². The molecule has 12 nitrogen and oxygen atoms in total. The van der Waals surface area contributed by atoms with E-state index in [0.29, 0.717) is 12.2 Å². The number of hydrogen-bond acceptors (Lipinski definition) is 9. The summed E-state index contributed by atoms with van der Waals surface area (Å²) in [5, 5.41) is 4.37. The van der Waals surface area contributed by atoms with Crippen LogP contribution in [-0.2, 0) is 25.0 Å². The van der Waals surface area contributed by atoms with Crippen molar-refractivity contribution in [2.45, 2.75) is 40.5 Å². The van der Waals surface area contributed by atoms with E-state index >= 15 is 0 Å². The molecule has 1 N–H and O–H groups in total. The average Bonchev–Trinajstić information content (AvgIpc) is 3.05. The van der Waals surface area contributed by atoms with Gasteiger partial charge >= 0.3 is 7.60 Å². The lowest BCUT2D eigenvalue weighted by Gasteiger charge is -2.45. The third kappa shape index (κ3) is 9.74. The molecule has 2 heterocycles. The molecule has 3 rings (SSSR count). The molecule has 1 aliphatic rings. The Morgan fingerprint density at radius 1 is 1.09 bits per heavy atom. The van der Waals surface area contributed by atoms with Gasteiger partial charge in [0, 0.05) is 32.9 Å². The molecule has 0 saturated heterocycles. The van der Waals surface area contributed by atoms with Crippen LogP contribution in [0.25, 0.3) is 0 Å². The minimum Gasteiger partial charge on any atom is -0.482 e. The minimum absolute atomic E-state index is 0.0231. The lowest BCUT2D eigenvalue weighted by Crippen LogP contribution is -2.62. The van der Waals surface area contributed by atoms with Crippen molar-refractivity contribution in [2.75, 3.05) is 57.7 Å². The van der Waals surface area contributed by atoms with Gasteiger partial charge in [-0.2, -0.15) is 0 Å². The molecule has 0 radical (unpaired) electrons. The number of benzene rings is 1. The number of ether oxygens (including phenoxy) is 2. The quantitative estimate of drug-likeness (QED) is 0.175. The number of halogens is 1. The summed E-state index contributed by atoms with van der Waals surface area (Å²) in [5.74, 6) is -2.26. The van der Waals surface area contributed by atoms with Gasteiger partial charge in [-0.15, -0.1) is 0 Å². The summed E-state index contributed by atoms with van der Waals surface area (Å²) in [5.41, 5.74) is 0.0871. The number of carbonyl (C=O) groups is 2. The molecule has 2 aromatic rings. The Hall–Kier alpha value is -4.03. The predicted octanol–water partition coefficient (Wildman–Crippen LogP) is 4.80. The van der Waals surface area contributed by atoms with E-state index < -0.39 is 36.8 Å². The number of amides is 2. The van der Waals surface area contributed by atoms with Crippen LogP contribution in [0.15, 0.2) is 77.5 Å². The first-order valence-electron chi connectivity index (χ1n) is 15.4. The van der Waals surface area contributed by atoms with Crippen molar-refractivity contribution in [3.8, 4) is 5.75 Å². The first kappa shape index (κ1) is 37.4. The maximum Gasteiger partial charge on any atom is 0.332 e. The minimum atomic E-state index is -3.55. The number of allylic oxidation sites excluding steroid dienone is 3. The van der Waals surface area contributed by atoms with Crippen molar-refractivity contribution in [1.82, 2.24) is 14.9 Å². The number of pyridine rings is 1. The van der Waals surface area contributed by atoms with Gasteiger partial charge in [0.25, 0.3) is 11.8 Å². The number of fused-ring (bicyclic) bond motifs is 1. The fourth-order valence-corrected chi connectivity index (χ4v) is 6.41. The van der Waals surface area contributed by atoms with Crippen molar-refractivity contribution in [3.05, 3.63) is 99.8 Å². The Balaban J connectivity index is 2.17. The zero-order valence-electron chi connectivity index (χ0n) is 27.6. The van der Waals surface area contributed by atoms with Gasteiger partial charge in [0.1, 0.15) is 24.2 Å². The number of nitrogens with one attached hydrogen (secondary N) is 1. The highest BCUT2D eigenvalue weighted by atomic mass is 31.2. The molecule has 0 bridgehead atoms. The van der Waals surface area contributed by atoms with Crippen molar-refractivity contribution in [1.29, 1.82) is 0 Å². The van der Waals surface area contributed by atoms with Gasteiger partial charge in [-0.25, -0.2) is 4.39 Å². The third-order valence-electron chi connectivity index (χ3n) is 7.24. The van der Waals surface area contributed by atoms with Crippen LogP contribution in [0.2, 0.25) is 0 Å². The number of likely N-dealkylation sites (N-methyl/N-ethyl adjacent to an activating group) is 1. The standard InChI is InChI=1S/C33H44FN4O8P/c1-7-25(17-16-24(5)34)20-35-32(40)27-21-38-29(31(30(27)39)44-22-26-14-12-11-13-15-26)33(41)36(6)28(23-43-8-2)37(38)18-19-47(42,45-9-3)46-10-4/h7,11-17,21,28H,5,8-10,18-20,22-23H2,1-4,6H3,(H,35,40)/b17-16-,25-7+/t28-/m0/s1. The summed E-state index contributed by atoms with van der Waals surface area (Å²) in [7, 11) is -1.98. The van der Waals surface area contributed by atoms with Crippen LogP contribution in [-0.4, -0.2) is 80.3 Å². The number of aromatic nitrogens is 1. The van der Waals surface area contributed by atoms with Crippen molar-refractivity contribution < 1.29 is 37.1 Å². The van der Waals surface area contributed by atoms with Crippen molar-refractivity contribution in [2.24, 2.45) is 0 Å². The molecule has 47 heavy (non-hydrogen) atoms. The maximum atomic E-state index is 13.9. The largest absolute Gasteiger partial charge is 0.482 e. The van der Waals surface area contributed by atoms with E-state index in [1.807, 2.05) is 25.1 Å². The van der Waals surface area contributed by atoms with Gasteiger partial charge in [-0.05, 0) is 44.9 Å². The summed E-state index contributed by atoms with van der Waals surface area (Å²) in [4.78, 5) is 42.9. The molecular formula is C33H44FN4O8P. The number of nitrogens with zero attached hydrogens (tertiary/aromatic N) is 3. The summed E-state index contributed by atoms with van der Waals surface area (Å²) in [6.45, 7) is 10.8. The molecule has 1 aliphatic heterocycles. The van der Waals surface area contributed by atoms with Gasteiger partial charge in [0.15, 0.2) is 11.4 Å². The number of rotatable bonds is 18. The Kier molecular flexibility index (Phi) is 14.1. The predicted molar refractivity (Wildman–Crippen MR) is 178 cm³/mol. The second-order valence-electron chi connectivity index (χ2n) is 10.4. The molecule has 14 heteroatoms. The van der Waals surface area contributed by atoms with Crippen LogP contribution in [0, 0.1) is 0 Å². The molecule has 256 valence electrons. The fourth-order valence-electron chi connectivity index (χ4n) is 4.84. The molecule has 1 aromatic heterocycles. The smallest absolute Gasteiger partial charge is 0.332 e. The van der Waals surface area contributed by atoms with Gasteiger partial charge in [0.2, 0.25) is 5.43 Å². The molecule has 0 saturated carbocycles. The first-order chi connectivity index (χ1) is 22.5.